The van der Waals surface area contributed by atoms with Crippen molar-refractivity contribution in [2.24, 2.45) is 5.92 Å². The SMILES string of the molecule is C.CNC(=O)c1c(-c2ccc(F)cc2)oc2ccc(-c3cc(C(=O)NCC(C)C)ccc3OCCOC)cc12. The standard InChI is InChI=1S/C30H31FN2O5.CH4/c1-18(2)17-33-29(34)21-8-11-25(37-14-13-36-4)23(16-21)20-7-12-26-24(15-20)27(30(35)32-3)28(38-26)19-5-9-22(31)10-6-19;/h5-12,15-16,18H,13-14,17H2,1-4H3,(H,32,35)(H,33,34);1H4. The zero-order chi connectivity index (χ0) is 27.2. The second-order valence-corrected chi connectivity index (χ2v) is 9.26. The zero-order valence-electron chi connectivity index (χ0n) is 21.9. The fourth-order valence-electron chi connectivity index (χ4n) is 4.08. The Balaban J connectivity index is 0.00000420. The number of carbonyl (C=O) groups excluding carboxylic acids is 2. The molecule has 8 heteroatoms. The minimum absolute atomic E-state index is 0. The van der Waals surface area contributed by atoms with Crippen LogP contribution in [-0.4, -0.2) is 45.7 Å². The molecule has 0 aliphatic rings. The van der Waals surface area contributed by atoms with Gasteiger partial charge in [0.1, 0.15) is 29.5 Å². The van der Waals surface area contributed by atoms with Gasteiger partial charge in [-0.2, -0.15) is 0 Å². The summed E-state index contributed by atoms with van der Waals surface area (Å²) in [7, 11) is 3.14. The van der Waals surface area contributed by atoms with Crippen molar-refractivity contribution in [2.45, 2.75) is 21.3 Å². The summed E-state index contributed by atoms with van der Waals surface area (Å²) in [5.41, 5.74) is 3.33. The highest BCUT2D eigenvalue weighted by Crippen LogP contribution is 2.38. The van der Waals surface area contributed by atoms with Crippen LogP contribution >= 0.6 is 0 Å². The average Bonchev–Trinajstić information content (AvgIpc) is 3.30. The van der Waals surface area contributed by atoms with Gasteiger partial charge < -0.3 is 24.5 Å². The van der Waals surface area contributed by atoms with Crippen LogP contribution in [0.4, 0.5) is 4.39 Å². The number of halogens is 1. The Morgan fingerprint density at radius 2 is 1.67 bits per heavy atom. The number of nitrogens with one attached hydrogen (secondary N) is 2. The molecule has 1 aromatic heterocycles. The molecule has 0 atom stereocenters. The van der Waals surface area contributed by atoms with Gasteiger partial charge in [0.25, 0.3) is 11.8 Å². The monoisotopic (exact) mass is 534 g/mol. The number of benzene rings is 3. The Kier molecular flexibility index (Phi) is 9.84. The highest BCUT2D eigenvalue weighted by atomic mass is 19.1. The second-order valence-electron chi connectivity index (χ2n) is 9.26. The highest BCUT2D eigenvalue weighted by molar-refractivity contribution is 6.12. The van der Waals surface area contributed by atoms with Crippen LogP contribution in [0.5, 0.6) is 5.75 Å². The molecule has 0 spiro atoms. The maximum Gasteiger partial charge on any atom is 0.255 e. The normalized spacial score (nSPS) is 10.8. The van der Waals surface area contributed by atoms with Gasteiger partial charge >= 0.3 is 0 Å². The molecule has 0 aliphatic carbocycles. The van der Waals surface area contributed by atoms with Crippen LogP contribution in [0, 0.1) is 11.7 Å². The molecular weight excluding hydrogens is 499 g/mol. The molecule has 2 N–H and O–H groups in total. The quantitative estimate of drug-likeness (QED) is 0.233. The Morgan fingerprint density at radius 3 is 2.33 bits per heavy atom. The maximum absolute atomic E-state index is 13.5. The summed E-state index contributed by atoms with van der Waals surface area (Å²) < 4.78 is 30.7. The molecule has 0 unspecified atom stereocenters. The van der Waals surface area contributed by atoms with Gasteiger partial charge in [-0.1, -0.05) is 27.3 Å². The molecule has 0 bridgehead atoms. The lowest BCUT2D eigenvalue weighted by atomic mass is 9.98. The second kappa shape index (κ2) is 13.1. The van der Waals surface area contributed by atoms with Gasteiger partial charge in [0.2, 0.25) is 0 Å². The zero-order valence-corrected chi connectivity index (χ0v) is 21.9. The van der Waals surface area contributed by atoms with E-state index in [0.717, 1.165) is 5.56 Å². The number of amides is 2. The highest BCUT2D eigenvalue weighted by Gasteiger charge is 2.23. The van der Waals surface area contributed by atoms with Crippen molar-refractivity contribution in [1.82, 2.24) is 10.6 Å². The Bertz CT molecular complexity index is 1440. The molecule has 4 aromatic rings. The Morgan fingerprint density at radius 1 is 0.949 bits per heavy atom. The maximum atomic E-state index is 13.5. The van der Waals surface area contributed by atoms with Gasteiger partial charge in [-0.15, -0.1) is 0 Å². The lowest BCUT2D eigenvalue weighted by Crippen LogP contribution is -2.27. The lowest BCUT2D eigenvalue weighted by Gasteiger charge is -2.14. The van der Waals surface area contributed by atoms with Gasteiger partial charge in [0.05, 0.1) is 12.2 Å². The summed E-state index contributed by atoms with van der Waals surface area (Å²) in [5, 5.41) is 6.19. The third-order valence-electron chi connectivity index (χ3n) is 6.02. The van der Waals surface area contributed by atoms with Crippen molar-refractivity contribution in [3.05, 3.63) is 77.6 Å². The van der Waals surface area contributed by atoms with Crippen LogP contribution in [0.15, 0.2) is 65.1 Å². The summed E-state index contributed by atoms with van der Waals surface area (Å²) in [6, 6.07) is 16.5. The molecule has 7 nitrogen and oxygen atoms in total. The molecule has 39 heavy (non-hydrogen) atoms. The molecule has 0 fully saturated rings. The molecule has 1 heterocycles. The molecule has 3 aromatic carbocycles. The van der Waals surface area contributed by atoms with E-state index in [4.69, 9.17) is 13.9 Å². The first-order chi connectivity index (χ1) is 18.3. The van der Waals surface area contributed by atoms with Gasteiger partial charge in [0.15, 0.2) is 0 Å². The first-order valence-electron chi connectivity index (χ1n) is 12.4. The van der Waals surface area contributed by atoms with Crippen molar-refractivity contribution in [3.63, 3.8) is 0 Å². The van der Waals surface area contributed by atoms with Gasteiger partial charge in [-0.05, 0) is 66.1 Å². The number of fused-ring (bicyclic) bond motifs is 1. The fourth-order valence-corrected chi connectivity index (χ4v) is 4.08. The summed E-state index contributed by atoms with van der Waals surface area (Å²) >= 11 is 0. The van der Waals surface area contributed by atoms with Crippen molar-refractivity contribution < 1.29 is 27.9 Å². The minimum atomic E-state index is -0.382. The van der Waals surface area contributed by atoms with E-state index < -0.39 is 0 Å². The number of furan rings is 1. The van der Waals surface area contributed by atoms with Crippen molar-refractivity contribution >= 4 is 22.8 Å². The van der Waals surface area contributed by atoms with Gasteiger partial charge in [-0.25, -0.2) is 4.39 Å². The van der Waals surface area contributed by atoms with Crippen LogP contribution in [0.3, 0.4) is 0 Å². The van der Waals surface area contributed by atoms with E-state index >= 15 is 0 Å². The lowest BCUT2D eigenvalue weighted by molar-refractivity contribution is 0.0945. The van der Waals surface area contributed by atoms with E-state index in [0.29, 0.717) is 70.4 Å². The first kappa shape index (κ1) is 29.4. The molecule has 0 radical (unpaired) electrons. The molecule has 0 saturated heterocycles. The van der Waals surface area contributed by atoms with E-state index in [1.807, 2.05) is 26.0 Å². The molecular formula is C31H35FN2O5. The number of ether oxygens (including phenoxy) is 2. The van der Waals surface area contributed by atoms with E-state index in [-0.39, 0.29) is 25.1 Å². The van der Waals surface area contributed by atoms with E-state index in [9.17, 15) is 14.0 Å². The summed E-state index contributed by atoms with van der Waals surface area (Å²) in [6.45, 7) is 5.35. The third-order valence-corrected chi connectivity index (χ3v) is 6.02. The van der Waals surface area contributed by atoms with E-state index in [1.165, 1.54) is 12.1 Å². The average molecular weight is 535 g/mol. The minimum Gasteiger partial charge on any atom is -0.491 e. The number of hydrogen-bond acceptors (Lipinski definition) is 5. The summed E-state index contributed by atoms with van der Waals surface area (Å²) in [6.07, 6.45) is 0. The predicted octanol–water partition coefficient (Wildman–Crippen LogP) is 6.31. The predicted molar refractivity (Wildman–Crippen MR) is 152 cm³/mol. The van der Waals surface area contributed by atoms with E-state index in [1.54, 1.807) is 50.6 Å². The molecule has 4 rings (SSSR count). The van der Waals surface area contributed by atoms with E-state index in [2.05, 4.69) is 10.6 Å². The van der Waals surface area contributed by atoms with Gasteiger partial charge in [-0.3, -0.25) is 9.59 Å². The fraction of sp³-hybridized carbons (Fsp3) is 0.290. The van der Waals surface area contributed by atoms with Crippen LogP contribution in [-0.2, 0) is 4.74 Å². The smallest absolute Gasteiger partial charge is 0.255 e. The molecule has 2 amide bonds. The Labute approximate surface area is 228 Å². The number of methoxy groups -OCH3 is 1. The van der Waals surface area contributed by atoms with Crippen molar-refractivity contribution in [2.75, 3.05) is 33.9 Å². The number of hydrogen-bond donors (Lipinski definition) is 2. The van der Waals surface area contributed by atoms with Crippen LogP contribution in [0.1, 0.15) is 42.0 Å². The number of carbonyl (C=O) groups is 2. The first-order valence-corrected chi connectivity index (χ1v) is 12.4. The number of rotatable bonds is 10. The summed E-state index contributed by atoms with van der Waals surface area (Å²) in [5.74, 6) is 0.334. The molecule has 0 saturated carbocycles. The van der Waals surface area contributed by atoms with Crippen LogP contribution in [0.25, 0.3) is 33.4 Å². The van der Waals surface area contributed by atoms with Crippen molar-refractivity contribution in [3.8, 4) is 28.2 Å². The topological polar surface area (TPSA) is 89.8 Å². The molecule has 0 aliphatic heterocycles. The van der Waals surface area contributed by atoms with Crippen LogP contribution < -0.4 is 15.4 Å². The van der Waals surface area contributed by atoms with Gasteiger partial charge in [0, 0.05) is 42.8 Å². The van der Waals surface area contributed by atoms with Crippen molar-refractivity contribution in [1.29, 1.82) is 0 Å². The summed E-state index contributed by atoms with van der Waals surface area (Å²) in [4.78, 5) is 25.8. The molecule has 206 valence electrons. The Hall–Kier alpha value is -4.17. The van der Waals surface area contributed by atoms with Crippen LogP contribution in [0.2, 0.25) is 0 Å². The third kappa shape index (κ3) is 6.64. The largest absolute Gasteiger partial charge is 0.491 e.